The van der Waals surface area contributed by atoms with Crippen LogP contribution in [0, 0.1) is 0 Å². The summed E-state index contributed by atoms with van der Waals surface area (Å²) >= 11 is 0. The first-order valence-corrected chi connectivity index (χ1v) is 6.35. The van der Waals surface area contributed by atoms with Gasteiger partial charge in [-0.3, -0.25) is 9.59 Å². The molecule has 0 atom stereocenters. The molecule has 0 aliphatic rings. The molecule has 110 valence electrons. The smallest absolute Gasteiger partial charge is 0.308 e. The molecule has 21 heavy (non-hydrogen) atoms. The number of nitrogens with two attached hydrogens (primary N) is 1. The van der Waals surface area contributed by atoms with Gasteiger partial charge in [-0.15, -0.1) is 0 Å². The fourth-order valence-corrected chi connectivity index (χ4v) is 1.87. The van der Waals surface area contributed by atoms with E-state index in [1.165, 1.54) is 0 Å². The highest BCUT2D eigenvalue weighted by atomic mass is 16.5. The molecular weight excluding hydrogens is 274 g/mol. The largest absolute Gasteiger partial charge is 0.494 e. The Kier molecular flexibility index (Phi) is 4.22. The first kappa shape index (κ1) is 14.6. The molecule has 2 rings (SSSR count). The molecule has 0 unspecified atom stereocenters. The number of anilines is 1. The van der Waals surface area contributed by atoms with Crippen LogP contribution in [0.3, 0.4) is 0 Å². The van der Waals surface area contributed by atoms with Crippen LogP contribution >= 0.6 is 0 Å². The van der Waals surface area contributed by atoms with Gasteiger partial charge in [0.05, 0.1) is 18.6 Å². The summed E-state index contributed by atoms with van der Waals surface area (Å²) in [5.41, 5.74) is 5.71. The van der Waals surface area contributed by atoms with E-state index in [2.05, 4.69) is 9.97 Å². The molecule has 0 fully saturated rings. The minimum absolute atomic E-state index is 0.0489. The van der Waals surface area contributed by atoms with Crippen LogP contribution in [0.4, 0.5) is 5.82 Å². The van der Waals surface area contributed by atoms with Crippen molar-refractivity contribution in [3.63, 3.8) is 0 Å². The summed E-state index contributed by atoms with van der Waals surface area (Å²) in [6.07, 6.45) is -0.465. The van der Waals surface area contributed by atoms with E-state index in [-0.39, 0.29) is 17.2 Å². The molecule has 0 saturated heterocycles. The predicted octanol–water partition coefficient (Wildman–Crippen LogP) is 1.04. The van der Waals surface area contributed by atoms with E-state index >= 15 is 0 Å². The second-order valence-electron chi connectivity index (χ2n) is 4.31. The zero-order valence-corrected chi connectivity index (χ0v) is 11.4. The Morgan fingerprint density at radius 2 is 2.24 bits per heavy atom. The van der Waals surface area contributed by atoms with Crippen LogP contribution in [-0.4, -0.2) is 27.7 Å². The zero-order valence-electron chi connectivity index (χ0n) is 11.4. The number of H-pyrrole nitrogens is 1. The Balaban J connectivity index is 2.44. The van der Waals surface area contributed by atoms with Crippen molar-refractivity contribution in [1.82, 2.24) is 9.97 Å². The van der Waals surface area contributed by atoms with Gasteiger partial charge in [0.25, 0.3) is 5.56 Å². The summed E-state index contributed by atoms with van der Waals surface area (Å²) in [7, 11) is 0. The summed E-state index contributed by atoms with van der Waals surface area (Å²) in [6, 6.07) is 7.02. The molecule has 7 heteroatoms. The minimum Gasteiger partial charge on any atom is -0.494 e. The molecule has 0 saturated carbocycles. The molecule has 0 spiro atoms. The van der Waals surface area contributed by atoms with E-state index in [9.17, 15) is 9.59 Å². The van der Waals surface area contributed by atoms with E-state index in [1.54, 1.807) is 24.3 Å². The predicted molar refractivity (Wildman–Crippen MR) is 77.2 cm³/mol. The van der Waals surface area contributed by atoms with Crippen molar-refractivity contribution < 1.29 is 14.6 Å². The fraction of sp³-hybridized carbons (Fsp3) is 0.214. The quantitative estimate of drug-likeness (QED) is 0.757. The third-order valence-electron chi connectivity index (χ3n) is 2.79. The number of carbonyl (C=O) groups is 1. The molecule has 0 radical (unpaired) electrons. The molecular formula is C14H15N3O4. The van der Waals surface area contributed by atoms with Crippen LogP contribution in [0.2, 0.25) is 0 Å². The Bertz CT molecular complexity index is 724. The van der Waals surface area contributed by atoms with Crippen LogP contribution in [-0.2, 0) is 11.2 Å². The number of carboxylic acid groups (broad SMARTS) is 1. The lowest BCUT2D eigenvalue weighted by molar-refractivity contribution is -0.136. The average molecular weight is 289 g/mol. The molecule has 1 aromatic heterocycles. The summed E-state index contributed by atoms with van der Waals surface area (Å²) < 4.78 is 5.38. The van der Waals surface area contributed by atoms with Gasteiger partial charge < -0.3 is 20.6 Å². The molecule has 0 bridgehead atoms. The van der Waals surface area contributed by atoms with E-state index in [0.717, 1.165) is 0 Å². The first-order chi connectivity index (χ1) is 10.0. The Hall–Kier alpha value is -2.83. The number of nitrogens with one attached hydrogen (secondary N) is 1. The fourth-order valence-electron chi connectivity index (χ4n) is 1.87. The van der Waals surface area contributed by atoms with Gasteiger partial charge in [-0.2, -0.15) is 0 Å². The molecule has 1 aromatic carbocycles. The molecule has 4 N–H and O–H groups in total. The first-order valence-electron chi connectivity index (χ1n) is 6.35. The molecule has 0 aliphatic carbocycles. The van der Waals surface area contributed by atoms with Gasteiger partial charge in [0.15, 0.2) is 0 Å². The number of aliphatic carboxylic acids is 1. The van der Waals surface area contributed by atoms with E-state index in [4.69, 9.17) is 15.6 Å². The van der Waals surface area contributed by atoms with Gasteiger partial charge in [-0.25, -0.2) is 4.98 Å². The number of hydrogen-bond acceptors (Lipinski definition) is 5. The maximum Gasteiger partial charge on any atom is 0.308 e. The number of ether oxygens (including phenoxy) is 1. The maximum absolute atomic E-state index is 11.9. The molecule has 7 nitrogen and oxygen atoms in total. The third-order valence-corrected chi connectivity index (χ3v) is 2.79. The van der Waals surface area contributed by atoms with E-state index in [0.29, 0.717) is 17.9 Å². The van der Waals surface area contributed by atoms with Crippen molar-refractivity contribution in [3.8, 4) is 17.1 Å². The number of hydrogen-bond donors (Lipinski definition) is 3. The van der Waals surface area contributed by atoms with Crippen molar-refractivity contribution in [2.45, 2.75) is 13.3 Å². The van der Waals surface area contributed by atoms with Crippen LogP contribution in [0.1, 0.15) is 12.5 Å². The number of nitrogen functional groups attached to an aromatic ring is 1. The zero-order chi connectivity index (χ0) is 15.4. The number of carboxylic acids is 1. The average Bonchev–Trinajstić information content (AvgIpc) is 2.43. The van der Waals surface area contributed by atoms with Crippen molar-refractivity contribution in [2.24, 2.45) is 0 Å². The number of aromatic nitrogens is 2. The summed E-state index contributed by atoms with van der Waals surface area (Å²) in [5, 5.41) is 8.74. The highest BCUT2D eigenvalue weighted by Crippen LogP contribution is 2.21. The van der Waals surface area contributed by atoms with Crippen molar-refractivity contribution >= 4 is 11.8 Å². The Morgan fingerprint density at radius 3 is 2.86 bits per heavy atom. The standard InChI is InChI=1S/C14H15N3O4/c1-2-21-9-5-3-4-8(6-9)13-16-12(15)10(7-11(18)19)14(20)17-13/h3-6H,2,7H2,1H3,(H,18,19)(H3,15,16,17,20). The van der Waals surface area contributed by atoms with E-state index in [1.807, 2.05) is 6.92 Å². The van der Waals surface area contributed by atoms with Crippen molar-refractivity contribution in [1.29, 1.82) is 0 Å². The van der Waals surface area contributed by atoms with Crippen molar-refractivity contribution in [2.75, 3.05) is 12.3 Å². The van der Waals surface area contributed by atoms with Crippen LogP contribution < -0.4 is 16.0 Å². The molecule has 1 heterocycles. The number of benzene rings is 1. The highest BCUT2D eigenvalue weighted by Gasteiger charge is 2.13. The lowest BCUT2D eigenvalue weighted by Crippen LogP contribution is -2.21. The van der Waals surface area contributed by atoms with Crippen LogP contribution in [0.5, 0.6) is 5.75 Å². The lowest BCUT2D eigenvalue weighted by atomic mass is 10.1. The monoisotopic (exact) mass is 289 g/mol. The molecule has 2 aromatic rings. The Morgan fingerprint density at radius 1 is 1.48 bits per heavy atom. The lowest BCUT2D eigenvalue weighted by Gasteiger charge is -2.08. The summed E-state index contributed by atoms with van der Waals surface area (Å²) in [6.45, 7) is 2.39. The number of nitrogens with zero attached hydrogens (tertiary/aromatic N) is 1. The second kappa shape index (κ2) is 6.08. The van der Waals surface area contributed by atoms with Crippen LogP contribution in [0.25, 0.3) is 11.4 Å². The minimum atomic E-state index is -1.14. The second-order valence-corrected chi connectivity index (χ2v) is 4.31. The number of aromatic amines is 1. The molecule has 0 aliphatic heterocycles. The van der Waals surface area contributed by atoms with E-state index < -0.39 is 17.9 Å². The number of rotatable bonds is 5. The highest BCUT2D eigenvalue weighted by molar-refractivity contribution is 5.72. The van der Waals surface area contributed by atoms with Gasteiger partial charge in [0.2, 0.25) is 0 Å². The molecule has 0 amide bonds. The van der Waals surface area contributed by atoms with Crippen LogP contribution in [0.15, 0.2) is 29.1 Å². The van der Waals surface area contributed by atoms with Gasteiger partial charge in [-0.1, -0.05) is 12.1 Å². The van der Waals surface area contributed by atoms with Gasteiger partial charge in [0.1, 0.15) is 17.4 Å². The Labute approximate surface area is 120 Å². The third kappa shape index (κ3) is 3.38. The summed E-state index contributed by atoms with van der Waals surface area (Å²) in [4.78, 5) is 29.2. The SMILES string of the molecule is CCOc1cccc(-c2nc(N)c(CC(=O)O)c(=O)[nH]2)c1. The normalized spacial score (nSPS) is 10.3. The van der Waals surface area contributed by atoms with Gasteiger partial charge >= 0.3 is 5.97 Å². The van der Waals surface area contributed by atoms with Crippen molar-refractivity contribution in [3.05, 3.63) is 40.2 Å². The van der Waals surface area contributed by atoms with Gasteiger partial charge in [-0.05, 0) is 19.1 Å². The van der Waals surface area contributed by atoms with Gasteiger partial charge in [0, 0.05) is 5.56 Å². The topological polar surface area (TPSA) is 118 Å². The maximum atomic E-state index is 11.9. The summed E-state index contributed by atoms with van der Waals surface area (Å²) in [5.74, 6) is -0.308.